The fourth-order valence-electron chi connectivity index (χ4n) is 2.86. The molecule has 0 atom stereocenters. The number of hydrogen-bond donors (Lipinski definition) is 2. The van der Waals surface area contributed by atoms with Crippen molar-refractivity contribution >= 4 is 34.8 Å². The van der Waals surface area contributed by atoms with E-state index in [1.165, 1.54) is 0 Å². The number of hydrogen-bond acceptors (Lipinski definition) is 2. The van der Waals surface area contributed by atoms with Gasteiger partial charge in [0.05, 0.1) is 0 Å². The maximum absolute atomic E-state index is 12.7. The Kier molecular flexibility index (Phi) is 4.56. The molecular weight excluding hydrogens is 336 g/mol. The third kappa shape index (κ3) is 3.40. The molecule has 0 saturated heterocycles. The van der Waals surface area contributed by atoms with Crippen molar-refractivity contribution in [2.75, 3.05) is 10.6 Å². The molecule has 0 spiro atoms. The number of nitrogens with one attached hydrogen (secondary N) is 2. The molecule has 1 aliphatic rings. The van der Waals surface area contributed by atoms with E-state index >= 15 is 0 Å². The molecule has 25 heavy (non-hydrogen) atoms. The number of rotatable bonds is 4. The second-order valence-electron chi connectivity index (χ2n) is 6.72. The van der Waals surface area contributed by atoms with E-state index in [9.17, 15) is 9.59 Å². The van der Waals surface area contributed by atoms with Gasteiger partial charge in [-0.3, -0.25) is 9.59 Å². The lowest BCUT2D eigenvalue weighted by Gasteiger charge is -2.18. The van der Waals surface area contributed by atoms with Gasteiger partial charge in [0.2, 0.25) is 11.8 Å². The molecule has 4 nitrogen and oxygen atoms in total. The highest BCUT2D eigenvalue weighted by atomic mass is 35.5. The second-order valence-corrected chi connectivity index (χ2v) is 7.13. The molecule has 0 unspecified atom stereocenters. The summed E-state index contributed by atoms with van der Waals surface area (Å²) >= 11 is 6.10. The van der Waals surface area contributed by atoms with Crippen LogP contribution in [0.3, 0.4) is 0 Å². The average molecular weight is 357 g/mol. The number of amides is 2. The number of aryl methyl sites for hydroxylation is 2. The van der Waals surface area contributed by atoms with E-state index in [1.54, 1.807) is 18.2 Å². The van der Waals surface area contributed by atoms with Crippen LogP contribution in [0.15, 0.2) is 36.4 Å². The molecule has 0 aliphatic heterocycles. The topological polar surface area (TPSA) is 58.2 Å². The third-order valence-electron chi connectivity index (χ3n) is 4.77. The monoisotopic (exact) mass is 356 g/mol. The number of benzene rings is 2. The van der Waals surface area contributed by atoms with Crippen LogP contribution in [-0.2, 0) is 9.59 Å². The molecule has 2 N–H and O–H groups in total. The molecule has 0 heterocycles. The zero-order valence-corrected chi connectivity index (χ0v) is 15.3. The Bertz CT molecular complexity index is 857. The summed E-state index contributed by atoms with van der Waals surface area (Å²) in [7, 11) is 0. The van der Waals surface area contributed by atoms with E-state index in [1.807, 2.05) is 39.0 Å². The molecule has 130 valence electrons. The second kappa shape index (κ2) is 6.52. The highest BCUT2D eigenvalue weighted by Crippen LogP contribution is 2.48. The molecule has 0 bridgehead atoms. The SMILES string of the molecule is Cc1ccc(NC(=O)C2(C(=O)Nc3cccc(Cl)c3C)CC2)c(C)c1. The van der Waals surface area contributed by atoms with Crippen LogP contribution < -0.4 is 10.6 Å². The zero-order valence-electron chi connectivity index (χ0n) is 14.6. The Morgan fingerprint density at radius 2 is 1.60 bits per heavy atom. The van der Waals surface area contributed by atoms with Gasteiger partial charge in [-0.2, -0.15) is 0 Å². The normalized spacial score (nSPS) is 14.7. The summed E-state index contributed by atoms with van der Waals surface area (Å²) in [6, 6.07) is 11.2. The number of carbonyl (C=O) groups is 2. The summed E-state index contributed by atoms with van der Waals surface area (Å²) in [4.78, 5) is 25.4. The molecule has 5 heteroatoms. The molecule has 3 rings (SSSR count). The average Bonchev–Trinajstić information content (AvgIpc) is 3.36. The lowest BCUT2D eigenvalue weighted by molar-refractivity contribution is -0.131. The first kappa shape index (κ1) is 17.5. The van der Waals surface area contributed by atoms with Crippen molar-refractivity contribution in [1.82, 2.24) is 0 Å². The minimum atomic E-state index is -0.994. The fraction of sp³-hybridized carbons (Fsp3) is 0.300. The van der Waals surface area contributed by atoms with E-state index in [0.29, 0.717) is 23.6 Å². The Morgan fingerprint density at radius 3 is 2.20 bits per heavy atom. The Balaban J connectivity index is 1.76. The Morgan fingerprint density at radius 1 is 0.960 bits per heavy atom. The van der Waals surface area contributed by atoms with Crippen LogP contribution in [0.25, 0.3) is 0 Å². The first-order valence-electron chi connectivity index (χ1n) is 8.29. The quantitative estimate of drug-likeness (QED) is 0.785. The van der Waals surface area contributed by atoms with Gasteiger partial charge >= 0.3 is 0 Å². The molecule has 2 aromatic carbocycles. The summed E-state index contributed by atoms with van der Waals surface area (Å²) in [5, 5.41) is 6.35. The van der Waals surface area contributed by atoms with Gasteiger partial charge in [0.25, 0.3) is 0 Å². The summed E-state index contributed by atoms with van der Waals surface area (Å²) in [5.74, 6) is -0.531. The van der Waals surface area contributed by atoms with Gasteiger partial charge in [-0.15, -0.1) is 0 Å². The van der Waals surface area contributed by atoms with Crippen LogP contribution in [0.1, 0.15) is 29.5 Å². The molecule has 1 saturated carbocycles. The third-order valence-corrected chi connectivity index (χ3v) is 5.17. The van der Waals surface area contributed by atoms with E-state index in [0.717, 1.165) is 22.4 Å². The van der Waals surface area contributed by atoms with Crippen molar-refractivity contribution in [3.8, 4) is 0 Å². The van der Waals surface area contributed by atoms with Gasteiger partial charge in [0.1, 0.15) is 5.41 Å². The predicted octanol–water partition coefficient (Wildman–Crippen LogP) is 4.62. The van der Waals surface area contributed by atoms with Crippen LogP contribution in [0.4, 0.5) is 11.4 Å². The number of halogens is 1. The standard InChI is InChI=1S/C20H21ClN2O2/c1-12-7-8-16(13(2)11-12)22-18(24)20(9-10-20)19(25)23-17-6-4-5-15(21)14(17)3/h4-8,11H,9-10H2,1-3H3,(H,22,24)(H,23,25). The minimum absolute atomic E-state index is 0.253. The van der Waals surface area contributed by atoms with E-state index in [-0.39, 0.29) is 11.8 Å². The maximum Gasteiger partial charge on any atom is 0.240 e. The predicted molar refractivity (Wildman–Crippen MR) is 101 cm³/mol. The van der Waals surface area contributed by atoms with Gasteiger partial charge in [0, 0.05) is 16.4 Å². The first-order valence-corrected chi connectivity index (χ1v) is 8.66. The first-order chi connectivity index (χ1) is 11.8. The van der Waals surface area contributed by atoms with E-state index in [2.05, 4.69) is 10.6 Å². The zero-order chi connectivity index (χ0) is 18.2. The van der Waals surface area contributed by atoms with Crippen molar-refractivity contribution in [2.24, 2.45) is 5.41 Å². The maximum atomic E-state index is 12.7. The fourth-order valence-corrected chi connectivity index (χ4v) is 3.04. The van der Waals surface area contributed by atoms with Gasteiger partial charge in [0.15, 0.2) is 0 Å². The highest BCUT2D eigenvalue weighted by Gasteiger charge is 2.56. The molecule has 2 aromatic rings. The van der Waals surface area contributed by atoms with Crippen molar-refractivity contribution in [3.05, 3.63) is 58.1 Å². The molecule has 0 radical (unpaired) electrons. The van der Waals surface area contributed by atoms with Gasteiger partial charge in [-0.25, -0.2) is 0 Å². The Labute approximate surface area is 152 Å². The number of anilines is 2. The summed E-state index contributed by atoms with van der Waals surface area (Å²) < 4.78 is 0. The molecule has 1 fully saturated rings. The molecule has 1 aliphatic carbocycles. The lowest BCUT2D eigenvalue weighted by Crippen LogP contribution is -2.36. The smallest absolute Gasteiger partial charge is 0.240 e. The van der Waals surface area contributed by atoms with E-state index < -0.39 is 5.41 Å². The minimum Gasteiger partial charge on any atom is -0.325 e. The largest absolute Gasteiger partial charge is 0.325 e. The van der Waals surface area contributed by atoms with Gasteiger partial charge in [-0.1, -0.05) is 35.4 Å². The van der Waals surface area contributed by atoms with E-state index in [4.69, 9.17) is 11.6 Å². The van der Waals surface area contributed by atoms with Gasteiger partial charge in [-0.05, 0) is 62.9 Å². The van der Waals surface area contributed by atoms with Crippen LogP contribution in [0.2, 0.25) is 5.02 Å². The van der Waals surface area contributed by atoms with Gasteiger partial charge < -0.3 is 10.6 Å². The van der Waals surface area contributed by atoms with Crippen molar-refractivity contribution < 1.29 is 9.59 Å². The van der Waals surface area contributed by atoms with Crippen molar-refractivity contribution in [1.29, 1.82) is 0 Å². The van der Waals surface area contributed by atoms with Crippen LogP contribution in [0, 0.1) is 26.2 Å². The number of carbonyl (C=O) groups excluding carboxylic acids is 2. The van der Waals surface area contributed by atoms with Crippen LogP contribution in [0.5, 0.6) is 0 Å². The van der Waals surface area contributed by atoms with Crippen molar-refractivity contribution in [2.45, 2.75) is 33.6 Å². The Hall–Kier alpha value is -2.33. The summed E-state index contributed by atoms with van der Waals surface area (Å²) in [6.45, 7) is 5.78. The van der Waals surface area contributed by atoms with Crippen LogP contribution >= 0.6 is 11.6 Å². The van der Waals surface area contributed by atoms with Crippen molar-refractivity contribution in [3.63, 3.8) is 0 Å². The summed E-state index contributed by atoms with van der Waals surface area (Å²) in [6.07, 6.45) is 1.10. The lowest BCUT2D eigenvalue weighted by atomic mass is 10.0. The van der Waals surface area contributed by atoms with Crippen LogP contribution in [-0.4, -0.2) is 11.8 Å². The molecule has 0 aromatic heterocycles. The molecular formula is C20H21ClN2O2. The highest BCUT2D eigenvalue weighted by molar-refractivity contribution is 6.31. The molecule has 2 amide bonds. The summed E-state index contributed by atoms with van der Waals surface area (Å²) in [5.41, 5.74) is 3.30.